The summed E-state index contributed by atoms with van der Waals surface area (Å²) in [5.74, 6) is 0. The summed E-state index contributed by atoms with van der Waals surface area (Å²) in [7, 11) is 1.49. The number of hydrogen-bond acceptors (Lipinski definition) is 4. The molecule has 1 atom stereocenters. The first kappa shape index (κ1) is 14.2. The molecule has 0 aromatic carbocycles. The minimum absolute atomic E-state index is 0.0930. The molecule has 1 amide bonds. The predicted molar refractivity (Wildman–Crippen MR) is 56.7 cm³/mol. The van der Waals surface area contributed by atoms with E-state index in [0.29, 0.717) is 0 Å². The number of carbonyl (C=O) groups excluding carboxylic acids is 1. The van der Waals surface area contributed by atoms with Gasteiger partial charge < -0.3 is 19.9 Å². The van der Waals surface area contributed by atoms with Gasteiger partial charge in [0.15, 0.2) is 0 Å². The van der Waals surface area contributed by atoms with Crippen molar-refractivity contribution in [2.45, 2.75) is 38.9 Å². The zero-order valence-corrected chi connectivity index (χ0v) is 10.1. The molecular formula is C10H21NO4. The van der Waals surface area contributed by atoms with Gasteiger partial charge in [0.25, 0.3) is 0 Å². The fourth-order valence-electron chi connectivity index (χ4n) is 0.939. The predicted octanol–water partition coefficient (Wildman–Crippen LogP) is 0.908. The van der Waals surface area contributed by atoms with Crippen LogP contribution in [0, 0.1) is 0 Å². The second-order valence-corrected chi connectivity index (χ2v) is 4.79. The molecule has 0 aliphatic rings. The van der Waals surface area contributed by atoms with Crippen LogP contribution in [0.15, 0.2) is 0 Å². The molecule has 5 nitrogen and oxygen atoms in total. The Bertz CT molecular complexity index is 208. The van der Waals surface area contributed by atoms with Gasteiger partial charge in [-0.1, -0.05) is 0 Å². The summed E-state index contributed by atoms with van der Waals surface area (Å²) in [6, 6.07) is 0. The van der Waals surface area contributed by atoms with Crippen molar-refractivity contribution in [2.24, 2.45) is 0 Å². The zero-order chi connectivity index (χ0) is 12.1. The monoisotopic (exact) mass is 219 g/mol. The fourth-order valence-corrected chi connectivity index (χ4v) is 0.939. The van der Waals surface area contributed by atoms with E-state index in [1.54, 1.807) is 27.7 Å². The molecule has 0 aliphatic heterocycles. The van der Waals surface area contributed by atoms with Gasteiger partial charge in [0.1, 0.15) is 11.2 Å². The Balaban J connectivity index is 3.90. The normalized spacial score (nSPS) is 15.6. The number of carbonyl (C=O) groups is 1. The maximum absolute atomic E-state index is 11.2. The maximum Gasteiger partial charge on any atom is 0.407 e. The SMILES string of the molecule is COCC(C)(O)CNC(=O)OC(C)(C)C. The lowest BCUT2D eigenvalue weighted by Gasteiger charge is -2.24. The van der Waals surface area contributed by atoms with Gasteiger partial charge in [-0.3, -0.25) is 0 Å². The van der Waals surface area contributed by atoms with E-state index < -0.39 is 17.3 Å². The van der Waals surface area contributed by atoms with Gasteiger partial charge in [-0.15, -0.1) is 0 Å². The lowest BCUT2D eigenvalue weighted by molar-refractivity contribution is -0.0185. The highest BCUT2D eigenvalue weighted by molar-refractivity contribution is 5.67. The highest BCUT2D eigenvalue weighted by atomic mass is 16.6. The molecular weight excluding hydrogens is 198 g/mol. The molecule has 5 heteroatoms. The third kappa shape index (κ3) is 8.20. The van der Waals surface area contributed by atoms with Crippen molar-refractivity contribution >= 4 is 6.09 Å². The molecule has 0 spiro atoms. The van der Waals surface area contributed by atoms with E-state index in [9.17, 15) is 9.90 Å². The van der Waals surface area contributed by atoms with Crippen molar-refractivity contribution < 1.29 is 19.4 Å². The summed E-state index contributed by atoms with van der Waals surface area (Å²) in [4.78, 5) is 11.2. The van der Waals surface area contributed by atoms with E-state index in [1.807, 2.05) is 0 Å². The number of rotatable bonds is 4. The Morgan fingerprint density at radius 2 is 1.87 bits per heavy atom. The van der Waals surface area contributed by atoms with Gasteiger partial charge in [0.2, 0.25) is 0 Å². The number of methoxy groups -OCH3 is 1. The van der Waals surface area contributed by atoms with Crippen molar-refractivity contribution in [1.29, 1.82) is 0 Å². The van der Waals surface area contributed by atoms with Crippen LogP contribution in [0.4, 0.5) is 4.79 Å². The largest absolute Gasteiger partial charge is 0.444 e. The van der Waals surface area contributed by atoms with E-state index in [2.05, 4.69) is 5.32 Å². The number of ether oxygens (including phenoxy) is 2. The van der Waals surface area contributed by atoms with Gasteiger partial charge in [-0.25, -0.2) is 4.79 Å². The number of amides is 1. The minimum atomic E-state index is -1.08. The Kier molecular flexibility index (Phi) is 5.03. The molecule has 0 aromatic heterocycles. The highest BCUT2D eigenvalue weighted by Crippen LogP contribution is 2.07. The van der Waals surface area contributed by atoms with Gasteiger partial charge in [0.05, 0.1) is 13.2 Å². The summed E-state index contributed by atoms with van der Waals surface area (Å²) in [6.07, 6.45) is -0.543. The van der Waals surface area contributed by atoms with Gasteiger partial charge >= 0.3 is 6.09 Å². The summed E-state index contributed by atoms with van der Waals surface area (Å²) in [6.45, 7) is 7.16. The molecule has 0 aliphatic carbocycles. The average Bonchev–Trinajstić information content (AvgIpc) is 1.98. The third-order valence-corrected chi connectivity index (χ3v) is 1.47. The molecule has 90 valence electrons. The summed E-state index contributed by atoms with van der Waals surface area (Å²) >= 11 is 0. The molecule has 0 rings (SSSR count). The molecule has 0 saturated heterocycles. The lowest BCUT2D eigenvalue weighted by Crippen LogP contribution is -2.45. The van der Waals surface area contributed by atoms with Crippen LogP contribution in [-0.2, 0) is 9.47 Å². The molecule has 0 radical (unpaired) electrons. The van der Waals surface area contributed by atoms with Crippen molar-refractivity contribution in [3.05, 3.63) is 0 Å². The first-order valence-electron chi connectivity index (χ1n) is 4.84. The number of nitrogens with one attached hydrogen (secondary N) is 1. The van der Waals surface area contributed by atoms with Crippen LogP contribution < -0.4 is 5.32 Å². The first-order valence-corrected chi connectivity index (χ1v) is 4.84. The Labute approximate surface area is 90.8 Å². The molecule has 0 aromatic rings. The van der Waals surface area contributed by atoms with Gasteiger partial charge in [-0.2, -0.15) is 0 Å². The smallest absolute Gasteiger partial charge is 0.407 e. The second kappa shape index (κ2) is 5.32. The van der Waals surface area contributed by atoms with Gasteiger partial charge in [0, 0.05) is 7.11 Å². The molecule has 2 N–H and O–H groups in total. The van der Waals surface area contributed by atoms with Crippen LogP contribution in [0.5, 0.6) is 0 Å². The van der Waals surface area contributed by atoms with Crippen LogP contribution in [0.3, 0.4) is 0 Å². The van der Waals surface area contributed by atoms with E-state index in [-0.39, 0.29) is 13.2 Å². The Hall–Kier alpha value is -0.810. The van der Waals surface area contributed by atoms with Crippen LogP contribution in [0.25, 0.3) is 0 Å². The summed E-state index contributed by atoms with van der Waals surface area (Å²) < 4.78 is 9.81. The molecule has 0 bridgehead atoms. The summed E-state index contributed by atoms with van der Waals surface area (Å²) in [5, 5.41) is 12.1. The van der Waals surface area contributed by atoms with Crippen molar-refractivity contribution in [3.8, 4) is 0 Å². The minimum Gasteiger partial charge on any atom is -0.444 e. The zero-order valence-electron chi connectivity index (χ0n) is 10.1. The summed E-state index contributed by atoms with van der Waals surface area (Å²) in [5.41, 5.74) is -1.61. The molecule has 15 heavy (non-hydrogen) atoms. The molecule has 0 fully saturated rings. The number of aliphatic hydroxyl groups is 1. The third-order valence-electron chi connectivity index (χ3n) is 1.47. The molecule has 0 saturated carbocycles. The first-order chi connectivity index (χ1) is 6.66. The van der Waals surface area contributed by atoms with Crippen LogP contribution in [-0.4, -0.2) is 42.7 Å². The number of alkyl carbamates (subject to hydrolysis) is 1. The van der Waals surface area contributed by atoms with E-state index in [4.69, 9.17) is 9.47 Å². The van der Waals surface area contributed by atoms with Gasteiger partial charge in [-0.05, 0) is 27.7 Å². The van der Waals surface area contributed by atoms with Crippen LogP contribution >= 0.6 is 0 Å². The average molecular weight is 219 g/mol. The van der Waals surface area contributed by atoms with Crippen molar-refractivity contribution in [2.75, 3.05) is 20.3 Å². The fraction of sp³-hybridized carbons (Fsp3) is 0.900. The topological polar surface area (TPSA) is 67.8 Å². The Morgan fingerprint density at radius 1 is 1.33 bits per heavy atom. The molecule has 1 unspecified atom stereocenters. The van der Waals surface area contributed by atoms with Crippen molar-refractivity contribution in [1.82, 2.24) is 5.32 Å². The van der Waals surface area contributed by atoms with E-state index in [1.165, 1.54) is 7.11 Å². The maximum atomic E-state index is 11.2. The van der Waals surface area contributed by atoms with Crippen LogP contribution in [0.2, 0.25) is 0 Å². The van der Waals surface area contributed by atoms with Crippen molar-refractivity contribution in [3.63, 3.8) is 0 Å². The molecule has 0 heterocycles. The van der Waals surface area contributed by atoms with E-state index in [0.717, 1.165) is 0 Å². The van der Waals surface area contributed by atoms with E-state index >= 15 is 0 Å². The highest BCUT2D eigenvalue weighted by Gasteiger charge is 2.23. The van der Waals surface area contributed by atoms with Crippen LogP contribution in [0.1, 0.15) is 27.7 Å². The number of hydrogen-bond donors (Lipinski definition) is 2. The standard InChI is InChI=1S/C10H21NO4/c1-9(2,3)15-8(12)11-6-10(4,13)7-14-5/h13H,6-7H2,1-5H3,(H,11,12). The second-order valence-electron chi connectivity index (χ2n) is 4.79. The quantitative estimate of drug-likeness (QED) is 0.737. The Morgan fingerprint density at radius 3 is 2.27 bits per heavy atom. The lowest BCUT2D eigenvalue weighted by atomic mass is 10.1.